The maximum absolute atomic E-state index is 10.9. The molecular weight excluding hydrogens is 190 g/mol. The smallest absolute Gasteiger partial charge is 0.359 e. The van der Waals surface area contributed by atoms with E-state index in [1.807, 2.05) is 0 Å². The first-order valence-electron chi connectivity index (χ1n) is 5.91. The first kappa shape index (κ1) is 14.4. The lowest BCUT2D eigenvalue weighted by Gasteiger charge is -2.40. The number of quaternary nitrogens is 1. The van der Waals surface area contributed by atoms with E-state index in [1.165, 1.54) is 0 Å². The number of likely N-dealkylation sites (N-methyl/N-ethyl adjacent to an activating group) is 1. The van der Waals surface area contributed by atoms with Gasteiger partial charge in [0.1, 0.15) is 0 Å². The van der Waals surface area contributed by atoms with Crippen molar-refractivity contribution in [1.29, 1.82) is 0 Å². The molecule has 0 fully saturated rings. The van der Waals surface area contributed by atoms with Gasteiger partial charge in [-0.15, -0.1) is 0 Å². The van der Waals surface area contributed by atoms with Gasteiger partial charge in [0, 0.05) is 0 Å². The fraction of sp³-hybridized carbons (Fsp3) is 0.917. The van der Waals surface area contributed by atoms with E-state index in [0.717, 1.165) is 19.5 Å². The van der Waals surface area contributed by atoms with Gasteiger partial charge in [-0.3, -0.25) is 0 Å². The first-order chi connectivity index (χ1) is 6.84. The second-order valence-corrected chi connectivity index (χ2v) is 5.09. The summed E-state index contributed by atoms with van der Waals surface area (Å²) in [5.74, 6) is -0.0455. The van der Waals surface area contributed by atoms with Crippen LogP contribution in [0.5, 0.6) is 0 Å². The lowest BCUT2D eigenvalue weighted by atomic mass is 10.1. The summed E-state index contributed by atoms with van der Waals surface area (Å²) in [4.78, 5) is 10.9. The lowest BCUT2D eigenvalue weighted by Crippen LogP contribution is -2.56. The third kappa shape index (κ3) is 4.65. The summed E-state index contributed by atoms with van der Waals surface area (Å²) in [5.41, 5.74) is 0. The number of carbonyl (C=O) groups is 1. The number of rotatable bonds is 7. The lowest BCUT2D eigenvalue weighted by molar-refractivity contribution is -0.940. The Kier molecular flexibility index (Phi) is 5.88. The molecule has 0 amide bonds. The topological polar surface area (TPSA) is 37.3 Å². The number of hydrogen-bond donors (Lipinski definition) is 1. The van der Waals surface area contributed by atoms with Crippen molar-refractivity contribution in [2.75, 3.05) is 19.6 Å². The van der Waals surface area contributed by atoms with Crippen molar-refractivity contribution in [3.05, 3.63) is 0 Å². The predicted molar refractivity (Wildman–Crippen MR) is 62.8 cm³/mol. The number of nitrogens with zero attached hydrogens (tertiary/aromatic N) is 1. The Labute approximate surface area is 93.7 Å². The van der Waals surface area contributed by atoms with Crippen molar-refractivity contribution in [2.45, 2.75) is 47.1 Å². The number of carboxylic acids is 1. The molecule has 0 saturated heterocycles. The number of hydrogen-bond acceptors (Lipinski definition) is 1. The molecule has 0 aromatic heterocycles. The summed E-state index contributed by atoms with van der Waals surface area (Å²) >= 11 is 0. The fourth-order valence-electron chi connectivity index (χ4n) is 1.94. The zero-order valence-corrected chi connectivity index (χ0v) is 10.8. The summed E-state index contributed by atoms with van der Waals surface area (Å²) < 4.78 is 0.702. The molecule has 0 aliphatic rings. The summed E-state index contributed by atoms with van der Waals surface area (Å²) in [6.45, 7) is 12.8. The molecule has 1 unspecified atom stereocenters. The summed E-state index contributed by atoms with van der Waals surface area (Å²) in [6, 6.07) is 0.379. The Bertz CT molecular complexity index is 202. The van der Waals surface area contributed by atoms with E-state index in [2.05, 4.69) is 34.6 Å². The van der Waals surface area contributed by atoms with Crippen LogP contribution in [-0.4, -0.2) is 41.2 Å². The zero-order chi connectivity index (χ0) is 12.1. The molecule has 0 saturated carbocycles. The number of aliphatic carboxylic acids is 1. The Morgan fingerprint density at radius 1 is 1.27 bits per heavy atom. The molecule has 0 aliphatic carbocycles. The summed E-state index contributed by atoms with van der Waals surface area (Å²) in [6.07, 6.45) is 1.10. The molecule has 0 aromatic rings. The number of carboxylic acid groups (broad SMARTS) is 1. The van der Waals surface area contributed by atoms with Gasteiger partial charge >= 0.3 is 5.97 Å². The Morgan fingerprint density at radius 3 is 2.07 bits per heavy atom. The Balaban J connectivity index is 4.57. The van der Waals surface area contributed by atoms with Gasteiger partial charge in [-0.25, -0.2) is 4.79 Å². The summed E-state index contributed by atoms with van der Waals surface area (Å²) in [5, 5.41) is 8.98. The molecule has 0 aromatic carbocycles. The monoisotopic (exact) mass is 216 g/mol. The second kappa shape index (κ2) is 6.11. The van der Waals surface area contributed by atoms with Gasteiger partial charge in [0.15, 0.2) is 6.54 Å². The van der Waals surface area contributed by atoms with Gasteiger partial charge < -0.3 is 9.59 Å². The van der Waals surface area contributed by atoms with Gasteiger partial charge in [0.25, 0.3) is 0 Å². The maximum Gasteiger partial charge on any atom is 0.359 e. The van der Waals surface area contributed by atoms with Gasteiger partial charge in [-0.2, -0.15) is 0 Å². The highest BCUT2D eigenvalue weighted by molar-refractivity contribution is 5.67. The van der Waals surface area contributed by atoms with Crippen LogP contribution in [0.1, 0.15) is 41.0 Å². The van der Waals surface area contributed by atoms with Crippen molar-refractivity contribution < 1.29 is 14.4 Å². The van der Waals surface area contributed by atoms with Crippen LogP contribution in [0.15, 0.2) is 0 Å². The van der Waals surface area contributed by atoms with Gasteiger partial charge in [0.05, 0.1) is 19.1 Å². The van der Waals surface area contributed by atoms with E-state index in [1.54, 1.807) is 0 Å². The van der Waals surface area contributed by atoms with Gasteiger partial charge in [-0.05, 0) is 33.1 Å². The van der Waals surface area contributed by atoms with E-state index in [9.17, 15) is 4.79 Å². The SMILES string of the molecule is CC[N+](CCC(C)C)(CC(=O)O)C(C)C. The highest BCUT2D eigenvalue weighted by atomic mass is 16.4. The molecule has 15 heavy (non-hydrogen) atoms. The minimum atomic E-state index is -0.686. The maximum atomic E-state index is 10.9. The van der Waals surface area contributed by atoms with E-state index in [0.29, 0.717) is 16.4 Å². The summed E-state index contributed by atoms with van der Waals surface area (Å²) in [7, 11) is 0. The van der Waals surface area contributed by atoms with Gasteiger partial charge in [-0.1, -0.05) is 13.8 Å². The molecule has 0 rings (SSSR count). The van der Waals surface area contributed by atoms with E-state index in [4.69, 9.17) is 5.11 Å². The Morgan fingerprint density at radius 2 is 1.80 bits per heavy atom. The highest BCUT2D eigenvalue weighted by Crippen LogP contribution is 2.16. The molecule has 3 nitrogen and oxygen atoms in total. The van der Waals surface area contributed by atoms with E-state index >= 15 is 0 Å². The highest BCUT2D eigenvalue weighted by Gasteiger charge is 2.31. The Hall–Kier alpha value is -0.570. The molecule has 1 atom stereocenters. The van der Waals surface area contributed by atoms with Crippen LogP contribution in [-0.2, 0) is 4.79 Å². The molecule has 0 bridgehead atoms. The molecular formula is C12H26NO2+. The molecule has 0 aliphatic heterocycles. The normalized spacial score (nSPS) is 15.7. The minimum absolute atomic E-state index is 0.251. The van der Waals surface area contributed by atoms with Crippen molar-refractivity contribution in [3.8, 4) is 0 Å². The van der Waals surface area contributed by atoms with E-state index in [-0.39, 0.29) is 6.54 Å². The third-order valence-electron chi connectivity index (χ3n) is 3.33. The van der Waals surface area contributed by atoms with Crippen molar-refractivity contribution >= 4 is 5.97 Å². The molecule has 90 valence electrons. The minimum Gasteiger partial charge on any atom is -0.477 e. The largest absolute Gasteiger partial charge is 0.477 e. The van der Waals surface area contributed by atoms with E-state index < -0.39 is 5.97 Å². The molecule has 0 spiro atoms. The first-order valence-corrected chi connectivity index (χ1v) is 5.91. The molecule has 0 heterocycles. The molecule has 1 N–H and O–H groups in total. The average Bonchev–Trinajstić information content (AvgIpc) is 2.11. The standard InChI is InChI=1S/C12H25NO2/c1-6-13(11(4)5,9-12(14)15)8-7-10(2)3/h10-11H,6-9H2,1-5H3/p+1. The van der Waals surface area contributed by atoms with Crippen LogP contribution in [0.2, 0.25) is 0 Å². The third-order valence-corrected chi connectivity index (χ3v) is 3.33. The van der Waals surface area contributed by atoms with Gasteiger partial charge in [0.2, 0.25) is 0 Å². The van der Waals surface area contributed by atoms with Crippen molar-refractivity contribution in [2.24, 2.45) is 5.92 Å². The molecule has 3 heteroatoms. The molecule has 0 radical (unpaired) electrons. The van der Waals surface area contributed by atoms with Crippen LogP contribution in [0.3, 0.4) is 0 Å². The van der Waals surface area contributed by atoms with Crippen LogP contribution >= 0.6 is 0 Å². The van der Waals surface area contributed by atoms with Crippen LogP contribution < -0.4 is 0 Å². The predicted octanol–water partition coefficient (Wildman–Crippen LogP) is 2.36. The van der Waals surface area contributed by atoms with Crippen molar-refractivity contribution in [3.63, 3.8) is 0 Å². The van der Waals surface area contributed by atoms with Crippen LogP contribution in [0.4, 0.5) is 0 Å². The quantitative estimate of drug-likeness (QED) is 0.663. The zero-order valence-electron chi connectivity index (χ0n) is 10.8. The van der Waals surface area contributed by atoms with Crippen LogP contribution in [0, 0.1) is 5.92 Å². The second-order valence-electron chi connectivity index (χ2n) is 5.09. The average molecular weight is 216 g/mol. The van der Waals surface area contributed by atoms with Crippen molar-refractivity contribution in [1.82, 2.24) is 0 Å². The fourth-order valence-corrected chi connectivity index (χ4v) is 1.94. The van der Waals surface area contributed by atoms with Crippen LogP contribution in [0.25, 0.3) is 0 Å².